The number of para-hydroxylation sites is 2. The van der Waals surface area contributed by atoms with Crippen LogP contribution in [0.1, 0.15) is 11.8 Å². The summed E-state index contributed by atoms with van der Waals surface area (Å²) >= 11 is 1.44. The Morgan fingerprint density at radius 2 is 2.00 bits per heavy atom. The summed E-state index contributed by atoms with van der Waals surface area (Å²) in [5.74, 6) is 2.30. The molecule has 2 heterocycles. The van der Waals surface area contributed by atoms with Gasteiger partial charge in [-0.1, -0.05) is 42.1 Å². The van der Waals surface area contributed by atoms with E-state index in [2.05, 4.69) is 27.1 Å². The average molecular weight is 408 g/mol. The summed E-state index contributed by atoms with van der Waals surface area (Å²) in [4.78, 5) is 4.59. The van der Waals surface area contributed by atoms with Crippen molar-refractivity contribution in [1.29, 1.82) is 0 Å². The highest BCUT2D eigenvalue weighted by Crippen LogP contribution is 2.42. The molecule has 0 amide bonds. The van der Waals surface area contributed by atoms with Crippen molar-refractivity contribution in [2.45, 2.75) is 11.4 Å². The van der Waals surface area contributed by atoms with Gasteiger partial charge in [-0.3, -0.25) is 0 Å². The molecule has 1 aliphatic rings. The van der Waals surface area contributed by atoms with E-state index >= 15 is 0 Å². The van der Waals surface area contributed by atoms with Gasteiger partial charge in [-0.2, -0.15) is 4.98 Å². The van der Waals surface area contributed by atoms with E-state index in [0.717, 1.165) is 16.8 Å². The maximum absolute atomic E-state index is 6.29. The van der Waals surface area contributed by atoms with Crippen LogP contribution in [0.5, 0.6) is 17.4 Å². The minimum Gasteiger partial charge on any atom is -0.493 e. The lowest BCUT2D eigenvalue weighted by Crippen LogP contribution is -2.18. The maximum atomic E-state index is 6.29. The van der Waals surface area contributed by atoms with E-state index in [4.69, 9.17) is 14.2 Å². The number of nitrogens with zero attached hydrogens (tertiary/aromatic N) is 3. The first-order chi connectivity index (χ1) is 14.2. The lowest BCUT2D eigenvalue weighted by atomic mass is 10.1. The Bertz CT molecular complexity index is 1040. The second-order valence-corrected chi connectivity index (χ2v) is 7.11. The third-order valence-corrected chi connectivity index (χ3v) is 5.21. The number of ether oxygens (including phenoxy) is 3. The van der Waals surface area contributed by atoms with Crippen LogP contribution in [0, 0.1) is 0 Å². The molecular formula is C21H20N4O3S. The van der Waals surface area contributed by atoms with Crippen molar-refractivity contribution < 1.29 is 14.2 Å². The van der Waals surface area contributed by atoms with Crippen molar-refractivity contribution in [2.24, 2.45) is 0 Å². The first kappa shape index (κ1) is 19.1. The molecule has 1 aromatic heterocycles. The molecule has 0 fully saturated rings. The van der Waals surface area contributed by atoms with E-state index in [9.17, 15) is 0 Å². The molecule has 0 saturated heterocycles. The fraction of sp³-hybridized carbons (Fsp3) is 0.190. The zero-order valence-corrected chi connectivity index (χ0v) is 16.9. The van der Waals surface area contributed by atoms with Crippen molar-refractivity contribution in [1.82, 2.24) is 15.2 Å². The molecule has 4 rings (SSSR count). The summed E-state index contributed by atoms with van der Waals surface area (Å²) in [5, 5.41) is 12.6. The van der Waals surface area contributed by atoms with E-state index in [0.29, 0.717) is 34.0 Å². The predicted molar refractivity (Wildman–Crippen MR) is 113 cm³/mol. The van der Waals surface area contributed by atoms with E-state index < -0.39 is 6.23 Å². The van der Waals surface area contributed by atoms with Gasteiger partial charge in [0.25, 0.3) is 0 Å². The zero-order valence-electron chi connectivity index (χ0n) is 16.1. The number of hydrogen-bond acceptors (Lipinski definition) is 8. The summed E-state index contributed by atoms with van der Waals surface area (Å²) in [6.07, 6.45) is 1.23. The van der Waals surface area contributed by atoms with Gasteiger partial charge in [0, 0.05) is 17.0 Å². The van der Waals surface area contributed by atoms with Crippen molar-refractivity contribution in [3.05, 3.63) is 60.7 Å². The number of anilines is 1. The predicted octanol–water partition coefficient (Wildman–Crippen LogP) is 4.34. The number of aromatic nitrogens is 3. The van der Waals surface area contributed by atoms with Crippen LogP contribution in [-0.2, 0) is 0 Å². The van der Waals surface area contributed by atoms with E-state index in [1.165, 1.54) is 11.8 Å². The van der Waals surface area contributed by atoms with Gasteiger partial charge in [-0.25, -0.2) is 0 Å². The minimum atomic E-state index is -0.559. The van der Waals surface area contributed by atoms with Gasteiger partial charge in [-0.05, 0) is 18.2 Å². The van der Waals surface area contributed by atoms with Crippen molar-refractivity contribution in [3.8, 4) is 28.6 Å². The number of thioether (sulfide) groups is 1. The summed E-state index contributed by atoms with van der Waals surface area (Å²) in [6.45, 7) is 3.73. The number of methoxy groups -OCH3 is 2. The van der Waals surface area contributed by atoms with E-state index in [-0.39, 0.29) is 0 Å². The summed E-state index contributed by atoms with van der Waals surface area (Å²) in [7, 11) is 3.21. The highest BCUT2D eigenvalue weighted by atomic mass is 32.2. The van der Waals surface area contributed by atoms with Crippen LogP contribution in [-0.4, -0.2) is 35.2 Å². The van der Waals surface area contributed by atoms with Crippen molar-refractivity contribution >= 4 is 17.4 Å². The quantitative estimate of drug-likeness (QED) is 0.477. The Morgan fingerprint density at radius 3 is 2.79 bits per heavy atom. The Labute approximate surface area is 173 Å². The van der Waals surface area contributed by atoms with Crippen molar-refractivity contribution in [2.75, 3.05) is 25.3 Å². The second kappa shape index (κ2) is 8.40. The molecule has 148 valence electrons. The van der Waals surface area contributed by atoms with Crippen LogP contribution in [0.25, 0.3) is 11.3 Å². The fourth-order valence-corrected chi connectivity index (χ4v) is 3.61. The fourth-order valence-electron chi connectivity index (χ4n) is 3.10. The topological polar surface area (TPSA) is 78.4 Å². The van der Waals surface area contributed by atoms with Gasteiger partial charge >= 0.3 is 0 Å². The second-order valence-electron chi connectivity index (χ2n) is 6.12. The molecule has 1 aliphatic heterocycles. The van der Waals surface area contributed by atoms with E-state index in [1.807, 2.05) is 42.5 Å². The van der Waals surface area contributed by atoms with Gasteiger partial charge in [-0.15, -0.1) is 16.8 Å². The molecule has 3 aromatic rings. The van der Waals surface area contributed by atoms with Gasteiger partial charge in [0.15, 0.2) is 17.2 Å². The number of fused-ring (bicyclic) bond motifs is 3. The summed E-state index contributed by atoms with van der Waals surface area (Å²) in [6, 6.07) is 13.5. The van der Waals surface area contributed by atoms with Gasteiger partial charge < -0.3 is 19.5 Å². The van der Waals surface area contributed by atoms with Crippen LogP contribution < -0.4 is 19.5 Å². The van der Waals surface area contributed by atoms with Crippen LogP contribution in [0.15, 0.2) is 60.3 Å². The molecule has 0 unspecified atom stereocenters. The van der Waals surface area contributed by atoms with Gasteiger partial charge in [0.1, 0.15) is 0 Å². The Morgan fingerprint density at radius 1 is 1.14 bits per heavy atom. The normalized spacial score (nSPS) is 14.5. The van der Waals surface area contributed by atoms with Crippen LogP contribution in [0.2, 0.25) is 0 Å². The Balaban J connectivity index is 1.83. The molecule has 1 N–H and O–H groups in total. The van der Waals surface area contributed by atoms with Gasteiger partial charge in [0.05, 0.1) is 19.8 Å². The number of nitrogens with one attached hydrogen (secondary N) is 1. The van der Waals surface area contributed by atoms with Gasteiger partial charge in [0.2, 0.25) is 17.3 Å². The minimum absolute atomic E-state index is 0.402. The molecule has 0 saturated carbocycles. The van der Waals surface area contributed by atoms with Crippen LogP contribution in [0.3, 0.4) is 0 Å². The Kier molecular flexibility index (Phi) is 5.53. The Hall–Kier alpha value is -3.26. The first-order valence-electron chi connectivity index (χ1n) is 8.97. The standard InChI is InChI=1S/C21H20N4O3S/c1-4-12-29-21-23-20-17(24-25-21)13-8-5-6-10-15(13)22-19(28-20)14-9-7-11-16(26-2)18(14)27-3/h4-11,19,22H,1,12H2,2-3H3/t19-/m0/s1. The molecule has 0 bridgehead atoms. The lowest BCUT2D eigenvalue weighted by Gasteiger charge is -2.22. The molecule has 1 atom stereocenters. The molecule has 0 aliphatic carbocycles. The highest BCUT2D eigenvalue weighted by molar-refractivity contribution is 7.99. The van der Waals surface area contributed by atoms with E-state index in [1.54, 1.807) is 20.3 Å². The molecule has 0 radical (unpaired) electrons. The number of benzene rings is 2. The monoisotopic (exact) mass is 408 g/mol. The molecule has 0 spiro atoms. The third-order valence-electron chi connectivity index (χ3n) is 4.38. The SMILES string of the molecule is C=CCSc1nnc2c(n1)O[C@@H](c1cccc(OC)c1OC)Nc1ccccc1-2. The first-order valence-corrected chi connectivity index (χ1v) is 9.95. The third kappa shape index (κ3) is 3.71. The molecule has 8 heteroatoms. The smallest absolute Gasteiger partial charge is 0.247 e. The van der Waals surface area contributed by atoms with Crippen molar-refractivity contribution in [3.63, 3.8) is 0 Å². The number of hydrogen-bond donors (Lipinski definition) is 1. The molecule has 2 aromatic carbocycles. The highest BCUT2D eigenvalue weighted by Gasteiger charge is 2.28. The lowest BCUT2D eigenvalue weighted by molar-refractivity contribution is 0.218. The molecule has 7 nitrogen and oxygen atoms in total. The summed E-state index contributed by atoms with van der Waals surface area (Å²) in [5.41, 5.74) is 3.10. The zero-order chi connectivity index (χ0) is 20.2. The maximum Gasteiger partial charge on any atom is 0.247 e. The molecular weight excluding hydrogens is 388 g/mol. The summed E-state index contributed by atoms with van der Waals surface area (Å²) < 4.78 is 17.3. The van der Waals surface area contributed by atoms with Crippen LogP contribution >= 0.6 is 11.8 Å². The number of rotatable bonds is 6. The largest absolute Gasteiger partial charge is 0.493 e. The average Bonchev–Trinajstić information content (AvgIpc) is 2.93. The van der Waals surface area contributed by atoms with Crippen LogP contribution in [0.4, 0.5) is 5.69 Å². The molecule has 29 heavy (non-hydrogen) atoms.